The number of furan rings is 1. The smallest absolute Gasteiger partial charge is 0.279 e. The van der Waals surface area contributed by atoms with Crippen LogP contribution in [0.25, 0.3) is 11.1 Å². The molecule has 3 aromatic rings. The standard InChI is InChI=1S/C15H13N3O4/c1-9-11(12-13(19)16-8-17-15(12)22-9)14(20)18-21-7-10-5-3-2-4-6-10/h2-6,8H,7H2,1H3,(H,18,20)(H,16,17,19). The summed E-state index contributed by atoms with van der Waals surface area (Å²) in [5.74, 6) is -0.245. The molecule has 1 amide bonds. The zero-order valence-electron chi connectivity index (χ0n) is 11.8. The molecule has 0 fully saturated rings. The lowest BCUT2D eigenvalue weighted by atomic mass is 10.2. The molecule has 0 radical (unpaired) electrons. The second kappa shape index (κ2) is 5.82. The number of amides is 1. The average molecular weight is 299 g/mol. The van der Waals surface area contributed by atoms with Gasteiger partial charge in [0, 0.05) is 0 Å². The maximum Gasteiger partial charge on any atom is 0.279 e. The van der Waals surface area contributed by atoms with Crippen LogP contribution in [0.15, 0.2) is 45.9 Å². The van der Waals surface area contributed by atoms with E-state index in [2.05, 4.69) is 15.4 Å². The summed E-state index contributed by atoms with van der Waals surface area (Å²) >= 11 is 0. The van der Waals surface area contributed by atoms with E-state index in [9.17, 15) is 9.59 Å². The predicted molar refractivity (Wildman–Crippen MR) is 78.1 cm³/mol. The molecule has 112 valence electrons. The molecule has 22 heavy (non-hydrogen) atoms. The summed E-state index contributed by atoms with van der Waals surface area (Å²) in [4.78, 5) is 35.5. The number of rotatable bonds is 4. The van der Waals surface area contributed by atoms with Crippen LogP contribution < -0.4 is 11.0 Å². The van der Waals surface area contributed by atoms with Gasteiger partial charge in [0.05, 0.1) is 18.5 Å². The minimum Gasteiger partial charge on any atom is -0.442 e. The van der Waals surface area contributed by atoms with Crippen molar-refractivity contribution in [3.05, 3.63) is 63.9 Å². The Labute approximate surface area is 124 Å². The molecule has 2 N–H and O–H groups in total. The molecule has 0 bridgehead atoms. The number of H-pyrrole nitrogens is 1. The molecule has 0 atom stereocenters. The molecule has 0 spiro atoms. The van der Waals surface area contributed by atoms with E-state index in [4.69, 9.17) is 9.25 Å². The Morgan fingerprint density at radius 3 is 2.91 bits per heavy atom. The van der Waals surface area contributed by atoms with Crippen molar-refractivity contribution in [3.63, 3.8) is 0 Å². The SMILES string of the molecule is Cc1oc2nc[nH]c(=O)c2c1C(=O)NOCc1ccccc1. The Hall–Kier alpha value is -2.93. The molecule has 2 aromatic heterocycles. The third-order valence-corrected chi connectivity index (χ3v) is 3.14. The van der Waals surface area contributed by atoms with Crippen LogP contribution in [0.4, 0.5) is 0 Å². The van der Waals surface area contributed by atoms with Crippen molar-refractivity contribution in [1.82, 2.24) is 15.4 Å². The first-order chi connectivity index (χ1) is 10.7. The number of hydrogen-bond acceptors (Lipinski definition) is 5. The third kappa shape index (κ3) is 2.61. The van der Waals surface area contributed by atoms with Crippen LogP contribution in [-0.4, -0.2) is 15.9 Å². The van der Waals surface area contributed by atoms with Crippen molar-refractivity contribution in [2.75, 3.05) is 0 Å². The van der Waals surface area contributed by atoms with Gasteiger partial charge in [0.15, 0.2) is 0 Å². The lowest BCUT2D eigenvalue weighted by Gasteiger charge is -2.05. The van der Waals surface area contributed by atoms with Gasteiger partial charge in [-0.15, -0.1) is 0 Å². The summed E-state index contributed by atoms with van der Waals surface area (Å²) in [5.41, 5.74) is 3.03. The minimum absolute atomic E-state index is 0.112. The first kappa shape index (κ1) is 14.0. The Bertz CT molecular complexity index is 867. The van der Waals surface area contributed by atoms with Gasteiger partial charge >= 0.3 is 0 Å². The Morgan fingerprint density at radius 2 is 2.14 bits per heavy atom. The van der Waals surface area contributed by atoms with Crippen molar-refractivity contribution < 1.29 is 14.0 Å². The van der Waals surface area contributed by atoms with Crippen molar-refractivity contribution in [3.8, 4) is 0 Å². The molecular formula is C15H13N3O4. The zero-order valence-corrected chi connectivity index (χ0v) is 11.8. The maximum absolute atomic E-state index is 12.2. The predicted octanol–water partition coefficient (Wildman–Crippen LogP) is 1.69. The number of aromatic nitrogens is 2. The van der Waals surface area contributed by atoms with Gasteiger partial charge < -0.3 is 9.40 Å². The summed E-state index contributed by atoms with van der Waals surface area (Å²) in [7, 11) is 0. The molecule has 0 unspecified atom stereocenters. The van der Waals surface area contributed by atoms with Gasteiger partial charge in [-0.05, 0) is 12.5 Å². The van der Waals surface area contributed by atoms with Gasteiger partial charge in [0.25, 0.3) is 11.5 Å². The number of nitrogens with one attached hydrogen (secondary N) is 2. The number of aryl methyl sites for hydroxylation is 1. The largest absolute Gasteiger partial charge is 0.442 e. The van der Waals surface area contributed by atoms with E-state index in [1.165, 1.54) is 6.33 Å². The minimum atomic E-state index is -0.550. The molecule has 0 aliphatic carbocycles. The van der Waals surface area contributed by atoms with E-state index >= 15 is 0 Å². The summed E-state index contributed by atoms with van der Waals surface area (Å²) in [6.45, 7) is 1.81. The quantitative estimate of drug-likeness (QED) is 0.714. The molecule has 3 rings (SSSR count). The van der Waals surface area contributed by atoms with Gasteiger partial charge in [-0.1, -0.05) is 30.3 Å². The first-order valence-corrected chi connectivity index (χ1v) is 6.59. The van der Waals surface area contributed by atoms with E-state index in [-0.39, 0.29) is 23.3 Å². The molecule has 0 aliphatic heterocycles. The molecule has 2 heterocycles. The number of carbonyl (C=O) groups excluding carboxylic acids is 1. The van der Waals surface area contributed by atoms with E-state index in [0.717, 1.165) is 5.56 Å². The van der Waals surface area contributed by atoms with E-state index in [1.807, 2.05) is 30.3 Å². The van der Waals surface area contributed by atoms with Crippen LogP contribution in [0.5, 0.6) is 0 Å². The highest BCUT2D eigenvalue weighted by molar-refractivity contribution is 6.05. The van der Waals surface area contributed by atoms with E-state index < -0.39 is 11.5 Å². The topological polar surface area (TPSA) is 97.2 Å². The summed E-state index contributed by atoms with van der Waals surface area (Å²) in [6, 6.07) is 9.39. The number of carbonyl (C=O) groups is 1. The Balaban J connectivity index is 1.78. The van der Waals surface area contributed by atoms with E-state index in [0.29, 0.717) is 5.76 Å². The zero-order chi connectivity index (χ0) is 15.5. The van der Waals surface area contributed by atoms with Gasteiger partial charge in [0.2, 0.25) is 5.71 Å². The number of nitrogens with zero attached hydrogens (tertiary/aromatic N) is 1. The highest BCUT2D eigenvalue weighted by Crippen LogP contribution is 2.20. The molecule has 1 aromatic carbocycles. The van der Waals surface area contributed by atoms with Crippen LogP contribution >= 0.6 is 0 Å². The number of hydrogen-bond donors (Lipinski definition) is 2. The summed E-state index contributed by atoms with van der Waals surface area (Å²) < 4.78 is 5.32. The van der Waals surface area contributed by atoms with Crippen LogP contribution in [0.1, 0.15) is 21.7 Å². The highest BCUT2D eigenvalue weighted by atomic mass is 16.6. The lowest BCUT2D eigenvalue weighted by Crippen LogP contribution is -2.25. The fourth-order valence-electron chi connectivity index (χ4n) is 2.14. The fourth-order valence-corrected chi connectivity index (χ4v) is 2.14. The molecule has 0 saturated heterocycles. The van der Waals surface area contributed by atoms with Crippen molar-refractivity contribution in [1.29, 1.82) is 0 Å². The fraction of sp³-hybridized carbons (Fsp3) is 0.133. The Morgan fingerprint density at radius 1 is 1.36 bits per heavy atom. The maximum atomic E-state index is 12.2. The molecular weight excluding hydrogens is 286 g/mol. The van der Waals surface area contributed by atoms with Crippen LogP contribution in [0, 0.1) is 6.92 Å². The number of benzene rings is 1. The number of aromatic amines is 1. The normalized spacial score (nSPS) is 10.8. The summed E-state index contributed by atoms with van der Waals surface area (Å²) in [6.07, 6.45) is 1.22. The van der Waals surface area contributed by atoms with Gasteiger partial charge in [0.1, 0.15) is 11.1 Å². The first-order valence-electron chi connectivity index (χ1n) is 6.59. The molecule has 7 heteroatoms. The van der Waals surface area contributed by atoms with Crippen LogP contribution in [0.2, 0.25) is 0 Å². The Kier molecular flexibility index (Phi) is 3.71. The monoisotopic (exact) mass is 299 g/mol. The van der Waals surface area contributed by atoms with Gasteiger partial charge in [-0.2, -0.15) is 0 Å². The number of fused-ring (bicyclic) bond motifs is 1. The van der Waals surface area contributed by atoms with Crippen molar-refractivity contribution in [2.45, 2.75) is 13.5 Å². The van der Waals surface area contributed by atoms with Crippen LogP contribution in [0.3, 0.4) is 0 Å². The van der Waals surface area contributed by atoms with Crippen molar-refractivity contribution in [2.24, 2.45) is 0 Å². The lowest BCUT2D eigenvalue weighted by molar-refractivity contribution is 0.0233. The average Bonchev–Trinajstić information content (AvgIpc) is 2.86. The highest BCUT2D eigenvalue weighted by Gasteiger charge is 2.21. The second-order valence-electron chi connectivity index (χ2n) is 4.65. The number of hydroxylamine groups is 1. The molecule has 0 aliphatic rings. The van der Waals surface area contributed by atoms with Crippen molar-refractivity contribution >= 4 is 17.0 Å². The van der Waals surface area contributed by atoms with E-state index in [1.54, 1.807) is 6.92 Å². The second-order valence-corrected chi connectivity index (χ2v) is 4.65. The van der Waals surface area contributed by atoms with Gasteiger partial charge in [-0.25, -0.2) is 10.5 Å². The summed E-state index contributed by atoms with van der Waals surface area (Å²) in [5, 5.41) is 0.112. The van der Waals surface area contributed by atoms with Gasteiger partial charge in [-0.3, -0.25) is 14.4 Å². The van der Waals surface area contributed by atoms with Crippen LogP contribution in [-0.2, 0) is 11.4 Å². The molecule has 0 saturated carbocycles. The molecule has 7 nitrogen and oxygen atoms in total. The third-order valence-electron chi connectivity index (χ3n) is 3.14.